The van der Waals surface area contributed by atoms with Crippen molar-refractivity contribution in [2.45, 2.75) is 40.5 Å². The number of hydrogen-bond donors (Lipinski definition) is 2. The Morgan fingerprint density at radius 3 is 2.72 bits per heavy atom. The number of aromatic nitrogens is 2. The molecule has 0 aliphatic heterocycles. The van der Waals surface area contributed by atoms with Crippen molar-refractivity contribution in [2.75, 3.05) is 19.6 Å². The molecule has 1 aromatic heterocycles. The van der Waals surface area contributed by atoms with Gasteiger partial charge >= 0.3 is 0 Å². The second kappa shape index (κ2) is 8.76. The molecule has 0 aliphatic carbocycles. The maximum Gasteiger partial charge on any atom is 0.251 e. The van der Waals surface area contributed by atoms with E-state index in [2.05, 4.69) is 48.5 Å². The van der Waals surface area contributed by atoms with Gasteiger partial charge in [-0.1, -0.05) is 45.0 Å². The first kappa shape index (κ1) is 19.1. The van der Waals surface area contributed by atoms with Crippen LogP contribution in [0.3, 0.4) is 0 Å². The third-order valence-corrected chi connectivity index (χ3v) is 3.55. The minimum atomic E-state index is -0.0986. The van der Waals surface area contributed by atoms with Crippen LogP contribution in [-0.4, -0.2) is 35.7 Å². The van der Waals surface area contributed by atoms with E-state index in [1.165, 1.54) is 0 Å². The molecule has 0 fully saturated rings. The number of nitrogens with zero attached hydrogens (tertiary/aromatic N) is 2. The summed E-state index contributed by atoms with van der Waals surface area (Å²) >= 11 is 0. The summed E-state index contributed by atoms with van der Waals surface area (Å²) < 4.78 is 5.33. The number of amides is 1. The number of rotatable bonds is 8. The van der Waals surface area contributed by atoms with E-state index < -0.39 is 0 Å². The minimum absolute atomic E-state index is 0.0807. The van der Waals surface area contributed by atoms with E-state index in [1.807, 2.05) is 12.1 Å². The summed E-state index contributed by atoms with van der Waals surface area (Å²) in [7, 11) is 0. The molecule has 0 aliphatic rings. The van der Waals surface area contributed by atoms with Gasteiger partial charge in [0.25, 0.3) is 5.91 Å². The molecule has 0 radical (unpaired) electrons. The SMILES string of the molecule is CCCNCCNC(=O)c1cccc(-c2noc(CC(C)(C)C)n2)c1. The van der Waals surface area contributed by atoms with E-state index in [1.54, 1.807) is 12.1 Å². The van der Waals surface area contributed by atoms with Gasteiger partial charge in [-0.2, -0.15) is 4.98 Å². The fourth-order valence-electron chi connectivity index (χ4n) is 2.37. The molecule has 0 atom stereocenters. The smallest absolute Gasteiger partial charge is 0.251 e. The van der Waals surface area contributed by atoms with Gasteiger partial charge in [0.2, 0.25) is 11.7 Å². The Labute approximate surface area is 149 Å². The third-order valence-electron chi connectivity index (χ3n) is 3.55. The Kier molecular flexibility index (Phi) is 6.70. The van der Waals surface area contributed by atoms with Crippen LogP contribution >= 0.6 is 0 Å². The van der Waals surface area contributed by atoms with Gasteiger partial charge in [-0.3, -0.25) is 4.79 Å². The molecule has 0 unspecified atom stereocenters. The second-order valence-corrected chi connectivity index (χ2v) is 7.34. The molecule has 0 saturated heterocycles. The number of carbonyl (C=O) groups excluding carboxylic acids is 1. The van der Waals surface area contributed by atoms with Crippen LogP contribution < -0.4 is 10.6 Å². The number of nitrogens with one attached hydrogen (secondary N) is 2. The van der Waals surface area contributed by atoms with Gasteiger partial charge in [-0.25, -0.2) is 0 Å². The summed E-state index contributed by atoms with van der Waals surface area (Å²) in [6.45, 7) is 10.8. The molecule has 1 aromatic carbocycles. The molecule has 0 spiro atoms. The summed E-state index contributed by atoms with van der Waals surface area (Å²) in [4.78, 5) is 16.7. The largest absolute Gasteiger partial charge is 0.351 e. The molecule has 0 bridgehead atoms. The zero-order valence-electron chi connectivity index (χ0n) is 15.6. The Balaban J connectivity index is 2.00. The monoisotopic (exact) mass is 344 g/mol. The predicted octanol–water partition coefficient (Wildman–Crippen LogP) is 3.05. The topological polar surface area (TPSA) is 80.0 Å². The maximum absolute atomic E-state index is 12.3. The molecule has 2 rings (SSSR count). The van der Waals surface area contributed by atoms with Gasteiger partial charge in [0.05, 0.1) is 0 Å². The van der Waals surface area contributed by atoms with Crippen molar-refractivity contribution in [3.05, 3.63) is 35.7 Å². The quantitative estimate of drug-likeness (QED) is 0.720. The average molecular weight is 344 g/mol. The maximum atomic E-state index is 12.3. The molecule has 6 heteroatoms. The van der Waals surface area contributed by atoms with Gasteiger partial charge in [-0.05, 0) is 30.5 Å². The van der Waals surface area contributed by atoms with Crippen LogP contribution in [0, 0.1) is 5.41 Å². The summed E-state index contributed by atoms with van der Waals surface area (Å²) in [5.41, 5.74) is 1.45. The van der Waals surface area contributed by atoms with E-state index in [0.29, 0.717) is 30.2 Å². The highest BCUT2D eigenvalue weighted by Crippen LogP contribution is 2.22. The molecule has 2 N–H and O–H groups in total. The summed E-state index contributed by atoms with van der Waals surface area (Å²) in [5, 5.41) is 10.2. The van der Waals surface area contributed by atoms with Crippen LogP contribution in [0.1, 0.15) is 50.4 Å². The van der Waals surface area contributed by atoms with Crippen LogP contribution in [0.5, 0.6) is 0 Å². The van der Waals surface area contributed by atoms with E-state index in [0.717, 1.165) is 25.1 Å². The van der Waals surface area contributed by atoms with Crippen molar-refractivity contribution in [1.82, 2.24) is 20.8 Å². The van der Waals surface area contributed by atoms with Gasteiger partial charge in [0, 0.05) is 30.6 Å². The molecule has 2 aromatic rings. The van der Waals surface area contributed by atoms with Crippen LogP contribution in [0.2, 0.25) is 0 Å². The lowest BCUT2D eigenvalue weighted by atomic mass is 9.92. The fourth-order valence-corrected chi connectivity index (χ4v) is 2.37. The normalized spacial score (nSPS) is 11.5. The van der Waals surface area contributed by atoms with E-state index in [9.17, 15) is 4.79 Å². The van der Waals surface area contributed by atoms with Gasteiger partial charge in [0.15, 0.2) is 0 Å². The van der Waals surface area contributed by atoms with Crippen molar-refractivity contribution in [3.8, 4) is 11.4 Å². The Hall–Kier alpha value is -2.21. The van der Waals surface area contributed by atoms with E-state index >= 15 is 0 Å². The fraction of sp³-hybridized carbons (Fsp3) is 0.526. The van der Waals surface area contributed by atoms with Crippen LogP contribution in [0.15, 0.2) is 28.8 Å². The van der Waals surface area contributed by atoms with Crippen LogP contribution in [-0.2, 0) is 6.42 Å². The van der Waals surface area contributed by atoms with Gasteiger partial charge in [-0.15, -0.1) is 0 Å². The Morgan fingerprint density at radius 2 is 2.00 bits per heavy atom. The first-order valence-electron chi connectivity index (χ1n) is 8.81. The molecule has 1 heterocycles. The molecule has 6 nitrogen and oxygen atoms in total. The van der Waals surface area contributed by atoms with Crippen molar-refractivity contribution in [2.24, 2.45) is 5.41 Å². The van der Waals surface area contributed by atoms with Crippen LogP contribution in [0.25, 0.3) is 11.4 Å². The first-order valence-corrected chi connectivity index (χ1v) is 8.81. The highest BCUT2D eigenvalue weighted by molar-refractivity contribution is 5.95. The minimum Gasteiger partial charge on any atom is -0.351 e. The molecule has 25 heavy (non-hydrogen) atoms. The molecular formula is C19H28N4O2. The lowest BCUT2D eigenvalue weighted by Crippen LogP contribution is -2.32. The summed E-state index contributed by atoms with van der Waals surface area (Å²) in [5.74, 6) is 1.02. The van der Waals surface area contributed by atoms with E-state index in [-0.39, 0.29) is 11.3 Å². The van der Waals surface area contributed by atoms with Crippen molar-refractivity contribution in [3.63, 3.8) is 0 Å². The van der Waals surface area contributed by atoms with Crippen molar-refractivity contribution in [1.29, 1.82) is 0 Å². The average Bonchev–Trinajstić information content (AvgIpc) is 3.01. The molecular weight excluding hydrogens is 316 g/mol. The van der Waals surface area contributed by atoms with E-state index in [4.69, 9.17) is 4.52 Å². The first-order chi connectivity index (χ1) is 11.9. The third kappa shape index (κ3) is 6.31. The van der Waals surface area contributed by atoms with Crippen LogP contribution in [0.4, 0.5) is 0 Å². The predicted molar refractivity (Wildman–Crippen MR) is 98.4 cm³/mol. The molecule has 1 amide bonds. The molecule has 0 saturated carbocycles. The number of hydrogen-bond acceptors (Lipinski definition) is 5. The lowest BCUT2D eigenvalue weighted by molar-refractivity contribution is 0.0954. The molecule has 136 valence electrons. The summed E-state index contributed by atoms with van der Waals surface area (Å²) in [6.07, 6.45) is 1.79. The standard InChI is InChI=1S/C19H28N4O2/c1-5-9-20-10-11-21-18(24)15-8-6-7-14(12-15)17-22-16(25-23-17)13-19(2,3)4/h6-8,12,20H,5,9-11,13H2,1-4H3,(H,21,24). The van der Waals surface area contributed by atoms with Crippen molar-refractivity contribution < 1.29 is 9.32 Å². The Morgan fingerprint density at radius 1 is 1.20 bits per heavy atom. The van der Waals surface area contributed by atoms with Gasteiger partial charge < -0.3 is 15.2 Å². The number of carbonyl (C=O) groups is 1. The van der Waals surface area contributed by atoms with Gasteiger partial charge in [0.1, 0.15) is 0 Å². The summed E-state index contributed by atoms with van der Waals surface area (Å²) in [6, 6.07) is 7.29. The zero-order valence-corrected chi connectivity index (χ0v) is 15.6. The second-order valence-electron chi connectivity index (χ2n) is 7.34. The van der Waals surface area contributed by atoms with Crippen molar-refractivity contribution >= 4 is 5.91 Å². The Bertz CT molecular complexity index is 689. The highest BCUT2D eigenvalue weighted by atomic mass is 16.5. The number of benzene rings is 1. The lowest BCUT2D eigenvalue weighted by Gasteiger charge is -2.13. The highest BCUT2D eigenvalue weighted by Gasteiger charge is 2.17. The zero-order chi connectivity index (χ0) is 18.3.